The van der Waals surface area contributed by atoms with Crippen molar-refractivity contribution in [2.45, 2.75) is 44.1 Å². The van der Waals surface area contributed by atoms with Gasteiger partial charge in [0.15, 0.2) is 5.96 Å². The summed E-state index contributed by atoms with van der Waals surface area (Å²) in [6.07, 6.45) is 5.09. The molecule has 1 aromatic carbocycles. The van der Waals surface area contributed by atoms with Gasteiger partial charge < -0.3 is 15.0 Å². The van der Waals surface area contributed by atoms with Crippen LogP contribution < -0.4 is 5.32 Å². The van der Waals surface area contributed by atoms with E-state index in [2.05, 4.69) is 62.3 Å². The standard InChI is InChI=1S/C19H28BrN3O.HI/c1-3-24-17-7-11-23(12-8-17)18(21-2)22-14-19(9-10-19)15-5-4-6-16(20)13-15;/h4-6,13,17H,3,7-12,14H2,1-2H3,(H,21,22);1H. The van der Waals surface area contributed by atoms with Crippen LogP contribution in [0.3, 0.4) is 0 Å². The van der Waals surface area contributed by atoms with Crippen LogP contribution in [0.15, 0.2) is 33.7 Å². The second-order valence-electron chi connectivity index (χ2n) is 6.83. The Morgan fingerprint density at radius 2 is 2.08 bits per heavy atom. The number of hydrogen-bond donors (Lipinski definition) is 1. The molecule has 0 spiro atoms. The monoisotopic (exact) mass is 521 g/mol. The van der Waals surface area contributed by atoms with Gasteiger partial charge in [0, 0.05) is 43.2 Å². The zero-order chi connectivity index (χ0) is 17.0. The molecule has 1 aliphatic carbocycles. The molecule has 1 heterocycles. The van der Waals surface area contributed by atoms with Gasteiger partial charge in [-0.15, -0.1) is 24.0 Å². The summed E-state index contributed by atoms with van der Waals surface area (Å²) in [4.78, 5) is 6.87. The number of likely N-dealkylation sites (tertiary alicyclic amines) is 1. The van der Waals surface area contributed by atoms with Gasteiger partial charge in [-0.1, -0.05) is 28.1 Å². The molecule has 4 nitrogen and oxygen atoms in total. The first-order valence-electron chi connectivity index (χ1n) is 9.00. The van der Waals surface area contributed by atoms with E-state index in [4.69, 9.17) is 4.74 Å². The summed E-state index contributed by atoms with van der Waals surface area (Å²) in [6, 6.07) is 8.72. The predicted octanol–water partition coefficient (Wildman–Crippen LogP) is 4.18. The zero-order valence-corrected chi connectivity index (χ0v) is 19.0. The minimum absolute atomic E-state index is 0. The van der Waals surface area contributed by atoms with Crippen LogP contribution in [0.4, 0.5) is 0 Å². The summed E-state index contributed by atoms with van der Waals surface area (Å²) in [5.41, 5.74) is 1.71. The maximum absolute atomic E-state index is 5.75. The van der Waals surface area contributed by atoms with Crippen molar-refractivity contribution in [1.29, 1.82) is 0 Å². The fraction of sp³-hybridized carbons (Fsp3) is 0.632. The predicted molar refractivity (Wildman–Crippen MR) is 118 cm³/mol. The third-order valence-electron chi connectivity index (χ3n) is 5.23. The molecule has 6 heteroatoms. The van der Waals surface area contributed by atoms with E-state index in [1.54, 1.807) is 0 Å². The van der Waals surface area contributed by atoms with Crippen LogP contribution in [0.25, 0.3) is 0 Å². The van der Waals surface area contributed by atoms with Crippen LogP contribution in [-0.2, 0) is 10.2 Å². The second kappa shape index (κ2) is 9.55. The van der Waals surface area contributed by atoms with Crippen molar-refractivity contribution in [3.8, 4) is 0 Å². The van der Waals surface area contributed by atoms with E-state index in [1.165, 1.54) is 18.4 Å². The Hall–Kier alpha value is -0.340. The third-order valence-corrected chi connectivity index (χ3v) is 5.72. The molecule has 2 aliphatic rings. The molecule has 1 aliphatic heterocycles. The number of halogens is 2. The highest BCUT2D eigenvalue weighted by molar-refractivity contribution is 14.0. The molecule has 0 unspecified atom stereocenters. The lowest BCUT2D eigenvalue weighted by atomic mass is 9.96. The first-order valence-corrected chi connectivity index (χ1v) is 9.79. The molecule has 3 rings (SSSR count). The molecule has 0 atom stereocenters. The van der Waals surface area contributed by atoms with E-state index in [-0.39, 0.29) is 29.4 Å². The molecule has 0 radical (unpaired) electrons. The second-order valence-corrected chi connectivity index (χ2v) is 7.75. The Morgan fingerprint density at radius 3 is 2.64 bits per heavy atom. The number of nitrogens with one attached hydrogen (secondary N) is 1. The Morgan fingerprint density at radius 1 is 1.36 bits per heavy atom. The van der Waals surface area contributed by atoms with E-state index in [0.29, 0.717) is 6.10 Å². The van der Waals surface area contributed by atoms with Gasteiger partial charge in [-0.05, 0) is 50.3 Å². The summed E-state index contributed by atoms with van der Waals surface area (Å²) in [5.74, 6) is 1.03. The number of benzene rings is 1. The topological polar surface area (TPSA) is 36.9 Å². The fourth-order valence-corrected chi connectivity index (χ4v) is 3.99. The maximum Gasteiger partial charge on any atom is 0.193 e. The van der Waals surface area contributed by atoms with Crippen LogP contribution >= 0.6 is 39.9 Å². The Kier molecular flexibility index (Phi) is 8.01. The van der Waals surface area contributed by atoms with Crippen LogP contribution in [0.1, 0.15) is 38.2 Å². The minimum Gasteiger partial charge on any atom is -0.378 e. The number of hydrogen-bond acceptors (Lipinski definition) is 2. The normalized spacial score (nSPS) is 20.1. The van der Waals surface area contributed by atoms with Crippen molar-refractivity contribution < 1.29 is 4.74 Å². The summed E-state index contributed by atoms with van der Waals surface area (Å²) in [6.45, 7) is 5.89. The van der Waals surface area contributed by atoms with Gasteiger partial charge in [-0.25, -0.2) is 0 Å². The number of nitrogens with zero attached hydrogens (tertiary/aromatic N) is 2. The zero-order valence-electron chi connectivity index (χ0n) is 15.1. The Bertz CT molecular complexity index is 584. The largest absolute Gasteiger partial charge is 0.378 e. The summed E-state index contributed by atoms with van der Waals surface area (Å²) in [7, 11) is 1.88. The van der Waals surface area contributed by atoms with E-state index in [0.717, 1.165) is 49.5 Å². The lowest BCUT2D eigenvalue weighted by Crippen LogP contribution is -2.48. The SMILES string of the molecule is CCOC1CCN(C(=NC)NCC2(c3cccc(Br)c3)CC2)CC1.I. The maximum atomic E-state index is 5.75. The van der Waals surface area contributed by atoms with E-state index >= 15 is 0 Å². The van der Waals surface area contributed by atoms with Gasteiger partial charge in [-0.2, -0.15) is 0 Å². The number of piperidine rings is 1. The molecular formula is C19H29BrIN3O. The summed E-state index contributed by atoms with van der Waals surface area (Å²) >= 11 is 3.59. The number of ether oxygens (including phenoxy) is 1. The van der Waals surface area contributed by atoms with E-state index in [9.17, 15) is 0 Å². The number of aliphatic imine (C=N–C) groups is 1. The van der Waals surface area contributed by atoms with Gasteiger partial charge in [-0.3, -0.25) is 4.99 Å². The molecule has 25 heavy (non-hydrogen) atoms. The quantitative estimate of drug-likeness (QED) is 0.359. The van der Waals surface area contributed by atoms with Gasteiger partial charge in [0.1, 0.15) is 0 Å². The van der Waals surface area contributed by atoms with Crippen LogP contribution in [-0.4, -0.2) is 50.3 Å². The van der Waals surface area contributed by atoms with Crippen molar-refractivity contribution in [1.82, 2.24) is 10.2 Å². The molecular weight excluding hydrogens is 493 g/mol. The molecule has 0 amide bonds. The molecule has 1 saturated carbocycles. The molecule has 1 aromatic rings. The highest BCUT2D eigenvalue weighted by atomic mass is 127. The average Bonchev–Trinajstić information content (AvgIpc) is 3.38. The summed E-state index contributed by atoms with van der Waals surface area (Å²) in [5, 5.41) is 3.63. The van der Waals surface area contributed by atoms with Crippen molar-refractivity contribution >= 4 is 45.9 Å². The molecule has 1 saturated heterocycles. The fourth-order valence-electron chi connectivity index (χ4n) is 3.59. The van der Waals surface area contributed by atoms with Gasteiger partial charge in [0.2, 0.25) is 0 Å². The smallest absolute Gasteiger partial charge is 0.193 e. The van der Waals surface area contributed by atoms with Crippen molar-refractivity contribution in [2.24, 2.45) is 4.99 Å². The highest BCUT2D eigenvalue weighted by Crippen LogP contribution is 2.48. The molecule has 0 bridgehead atoms. The van der Waals surface area contributed by atoms with Gasteiger partial charge in [0.25, 0.3) is 0 Å². The molecule has 2 fully saturated rings. The van der Waals surface area contributed by atoms with Crippen LogP contribution in [0.2, 0.25) is 0 Å². The van der Waals surface area contributed by atoms with Crippen LogP contribution in [0, 0.1) is 0 Å². The molecule has 0 aromatic heterocycles. The first-order chi connectivity index (χ1) is 11.7. The average molecular weight is 522 g/mol. The highest BCUT2D eigenvalue weighted by Gasteiger charge is 2.44. The number of guanidine groups is 1. The van der Waals surface area contributed by atoms with E-state index < -0.39 is 0 Å². The molecule has 140 valence electrons. The lowest BCUT2D eigenvalue weighted by molar-refractivity contribution is 0.0263. The lowest BCUT2D eigenvalue weighted by Gasteiger charge is -2.34. The Labute approximate surface area is 176 Å². The van der Waals surface area contributed by atoms with Gasteiger partial charge >= 0.3 is 0 Å². The summed E-state index contributed by atoms with van der Waals surface area (Å²) < 4.78 is 6.91. The third kappa shape index (κ3) is 5.32. The Balaban J connectivity index is 0.00000225. The molecule has 1 N–H and O–H groups in total. The first kappa shape index (κ1) is 21.0. The van der Waals surface area contributed by atoms with Crippen molar-refractivity contribution in [3.63, 3.8) is 0 Å². The van der Waals surface area contributed by atoms with Crippen molar-refractivity contribution in [3.05, 3.63) is 34.3 Å². The van der Waals surface area contributed by atoms with E-state index in [1.807, 2.05) is 7.05 Å². The van der Waals surface area contributed by atoms with Crippen LogP contribution in [0.5, 0.6) is 0 Å². The minimum atomic E-state index is 0. The number of rotatable bonds is 5. The van der Waals surface area contributed by atoms with Crippen molar-refractivity contribution in [2.75, 3.05) is 33.3 Å². The van der Waals surface area contributed by atoms with Gasteiger partial charge in [0.05, 0.1) is 6.10 Å².